The van der Waals surface area contributed by atoms with Crippen LogP contribution in [-0.4, -0.2) is 15.8 Å². The van der Waals surface area contributed by atoms with Crippen molar-refractivity contribution in [3.05, 3.63) is 99.8 Å². The maximum atomic E-state index is 12.6. The Morgan fingerprint density at radius 3 is 2.50 bits per heavy atom. The summed E-state index contributed by atoms with van der Waals surface area (Å²) in [6.45, 7) is 4.01. The lowest BCUT2D eigenvalue weighted by molar-refractivity contribution is -0.384. The number of nitro groups is 1. The molecule has 0 atom stereocenters. The smallest absolute Gasteiger partial charge is 0.291 e. The van der Waals surface area contributed by atoms with Gasteiger partial charge in [0.15, 0.2) is 11.3 Å². The number of furan rings is 1. The summed E-state index contributed by atoms with van der Waals surface area (Å²) in [6.07, 6.45) is 0. The highest BCUT2D eigenvalue weighted by Gasteiger charge is 2.15. The second-order valence-electron chi connectivity index (χ2n) is 7.95. The Balaban J connectivity index is 1.32. The van der Waals surface area contributed by atoms with Gasteiger partial charge in [-0.25, -0.2) is 4.98 Å². The van der Waals surface area contributed by atoms with Gasteiger partial charge in [-0.05, 0) is 67.4 Å². The highest BCUT2D eigenvalue weighted by molar-refractivity contribution is 6.02. The number of fused-ring (bicyclic) bond motifs is 1. The number of non-ortho nitro benzene ring substituents is 1. The van der Waals surface area contributed by atoms with Crippen molar-refractivity contribution < 1.29 is 18.6 Å². The number of carbonyl (C=O) groups is 1. The molecule has 0 bridgehead atoms. The highest BCUT2D eigenvalue weighted by atomic mass is 16.6. The number of aromatic nitrogens is 1. The van der Waals surface area contributed by atoms with Crippen molar-refractivity contribution in [1.82, 2.24) is 4.98 Å². The minimum Gasteiger partial charge on any atom is -0.451 e. The van der Waals surface area contributed by atoms with E-state index in [-0.39, 0.29) is 11.4 Å². The molecule has 0 saturated carbocycles. The first-order chi connectivity index (χ1) is 16.4. The van der Waals surface area contributed by atoms with E-state index < -0.39 is 10.8 Å². The lowest BCUT2D eigenvalue weighted by Gasteiger charge is -2.04. The van der Waals surface area contributed by atoms with E-state index >= 15 is 0 Å². The molecule has 8 nitrogen and oxygen atoms in total. The Kier molecular flexibility index (Phi) is 5.18. The molecule has 2 heterocycles. The monoisotopic (exact) mass is 453 g/mol. The highest BCUT2D eigenvalue weighted by Crippen LogP contribution is 2.29. The largest absolute Gasteiger partial charge is 0.451 e. The Labute approximate surface area is 194 Å². The number of carbonyl (C=O) groups excluding carboxylic acids is 1. The van der Waals surface area contributed by atoms with Crippen LogP contribution >= 0.6 is 0 Å². The number of nitrogens with one attached hydrogen (secondary N) is 1. The van der Waals surface area contributed by atoms with E-state index in [2.05, 4.69) is 16.4 Å². The van der Waals surface area contributed by atoms with Crippen molar-refractivity contribution >= 4 is 28.4 Å². The summed E-state index contributed by atoms with van der Waals surface area (Å²) in [6, 6.07) is 20.4. The van der Waals surface area contributed by atoms with Gasteiger partial charge in [0.25, 0.3) is 11.6 Å². The van der Waals surface area contributed by atoms with Crippen molar-refractivity contribution in [2.75, 3.05) is 5.32 Å². The zero-order valence-corrected chi connectivity index (χ0v) is 18.4. The van der Waals surface area contributed by atoms with Gasteiger partial charge in [-0.2, -0.15) is 0 Å². The lowest BCUT2D eigenvalue weighted by atomic mass is 10.1. The third-order valence-corrected chi connectivity index (χ3v) is 5.38. The van der Waals surface area contributed by atoms with Gasteiger partial charge in [0.2, 0.25) is 5.89 Å². The average Bonchev–Trinajstić information content (AvgIpc) is 3.48. The molecule has 1 N–H and O–H groups in total. The molecule has 8 heteroatoms. The fourth-order valence-corrected chi connectivity index (χ4v) is 3.78. The van der Waals surface area contributed by atoms with E-state index in [9.17, 15) is 14.9 Å². The standard InChI is InChI=1S/C26H19N3O5/c1-15-12-16(2)24-21(13-15)28-26(34-24)17-6-8-19(9-7-17)27-25(30)23-11-10-22(33-23)18-4-3-5-20(14-18)29(31)32/h3-14H,1-2H3,(H,27,30). The van der Waals surface area contributed by atoms with Crippen molar-refractivity contribution in [3.63, 3.8) is 0 Å². The fourth-order valence-electron chi connectivity index (χ4n) is 3.78. The summed E-state index contributed by atoms with van der Waals surface area (Å²) >= 11 is 0. The zero-order chi connectivity index (χ0) is 23.8. The summed E-state index contributed by atoms with van der Waals surface area (Å²) in [7, 11) is 0. The van der Waals surface area contributed by atoms with E-state index in [1.165, 1.54) is 18.2 Å². The molecule has 2 aromatic heterocycles. The molecule has 0 fully saturated rings. The molecule has 0 radical (unpaired) electrons. The van der Waals surface area contributed by atoms with Gasteiger partial charge in [0.05, 0.1) is 4.92 Å². The Hall–Kier alpha value is -4.72. The van der Waals surface area contributed by atoms with Gasteiger partial charge in [-0.3, -0.25) is 14.9 Å². The summed E-state index contributed by atoms with van der Waals surface area (Å²) in [5.74, 6) is 0.535. The van der Waals surface area contributed by atoms with Gasteiger partial charge < -0.3 is 14.2 Å². The van der Waals surface area contributed by atoms with Crippen LogP contribution in [0, 0.1) is 24.0 Å². The van der Waals surface area contributed by atoms with Crippen LogP contribution in [0.5, 0.6) is 0 Å². The minimum absolute atomic E-state index is 0.0516. The molecule has 0 aliphatic rings. The third-order valence-electron chi connectivity index (χ3n) is 5.38. The van der Waals surface area contributed by atoms with Crippen LogP contribution < -0.4 is 5.32 Å². The van der Waals surface area contributed by atoms with Gasteiger partial charge in [0.1, 0.15) is 11.3 Å². The molecular formula is C26H19N3O5. The quantitative estimate of drug-likeness (QED) is 0.239. The maximum absolute atomic E-state index is 12.6. The van der Waals surface area contributed by atoms with Gasteiger partial charge in [-0.1, -0.05) is 18.2 Å². The number of benzene rings is 3. The molecule has 34 heavy (non-hydrogen) atoms. The molecule has 0 spiro atoms. The average molecular weight is 453 g/mol. The molecule has 0 saturated heterocycles. The predicted molar refractivity (Wildman–Crippen MR) is 128 cm³/mol. The van der Waals surface area contributed by atoms with Crippen LogP contribution in [0.1, 0.15) is 21.7 Å². The first-order valence-corrected chi connectivity index (χ1v) is 10.5. The van der Waals surface area contributed by atoms with Crippen molar-refractivity contribution in [2.45, 2.75) is 13.8 Å². The topological polar surface area (TPSA) is 111 Å². The van der Waals surface area contributed by atoms with E-state index in [1.54, 1.807) is 30.3 Å². The molecule has 3 aromatic carbocycles. The summed E-state index contributed by atoms with van der Waals surface area (Å²) in [4.78, 5) is 27.7. The van der Waals surface area contributed by atoms with Crippen LogP contribution in [0.3, 0.4) is 0 Å². The van der Waals surface area contributed by atoms with Crippen LogP contribution in [-0.2, 0) is 0 Å². The predicted octanol–water partition coefficient (Wildman–Crippen LogP) is 6.53. The Bertz CT molecular complexity index is 1550. The first kappa shape index (κ1) is 21.1. The number of nitro benzene ring substituents is 1. The molecule has 0 aliphatic heterocycles. The molecule has 0 aliphatic carbocycles. The molecule has 5 aromatic rings. The molecule has 5 rings (SSSR count). The van der Waals surface area contributed by atoms with Crippen LogP contribution in [0.4, 0.5) is 11.4 Å². The molecule has 1 amide bonds. The van der Waals surface area contributed by atoms with Gasteiger partial charge >= 0.3 is 0 Å². The fraction of sp³-hybridized carbons (Fsp3) is 0.0769. The number of rotatable bonds is 5. The molecule has 168 valence electrons. The third kappa shape index (κ3) is 4.04. The summed E-state index contributed by atoms with van der Waals surface area (Å²) < 4.78 is 11.6. The van der Waals surface area contributed by atoms with Gasteiger partial charge in [0, 0.05) is 28.9 Å². The normalized spacial score (nSPS) is 11.0. The van der Waals surface area contributed by atoms with Crippen molar-refractivity contribution in [1.29, 1.82) is 0 Å². The maximum Gasteiger partial charge on any atom is 0.291 e. The summed E-state index contributed by atoms with van der Waals surface area (Å²) in [5, 5.41) is 13.8. The zero-order valence-electron chi connectivity index (χ0n) is 18.4. The number of hydrogen-bond acceptors (Lipinski definition) is 6. The van der Waals surface area contributed by atoms with Crippen LogP contribution in [0.15, 0.2) is 81.6 Å². The lowest BCUT2D eigenvalue weighted by Crippen LogP contribution is -2.10. The Morgan fingerprint density at radius 2 is 1.74 bits per heavy atom. The molecular weight excluding hydrogens is 434 g/mol. The van der Waals surface area contributed by atoms with Crippen LogP contribution in [0.25, 0.3) is 33.9 Å². The van der Waals surface area contributed by atoms with Gasteiger partial charge in [-0.15, -0.1) is 0 Å². The molecule has 0 unspecified atom stereocenters. The number of hydrogen-bond donors (Lipinski definition) is 1. The minimum atomic E-state index is -0.479. The Morgan fingerprint density at radius 1 is 0.941 bits per heavy atom. The number of aryl methyl sites for hydroxylation is 2. The second-order valence-corrected chi connectivity index (χ2v) is 7.95. The number of oxazole rings is 1. The van der Waals surface area contributed by atoms with E-state index in [4.69, 9.17) is 8.83 Å². The first-order valence-electron chi connectivity index (χ1n) is 10.5. The number of anilines is 1. The van der Waals surface area contributed by atoms with Crippen molar-refractivity contribution in [3.8, 4) is 22.8 Å². The van der Waals surface area contributed by atoms with E-state index in [0.29, 0.717) is 22.9 Å². The SMILES string of the molecule is Cc1cc(C)c2oc(-c3ccc(NC(=O)c4ccc(-c5cccc([N+](=O)[O-])c5)o4)cc3)nc2c1. The number of amides is 1. The van der Waals surface area contributed by atoms with Crippen molar-refractivity contribution in [2.24, 2.45) is 0 Å². The summed E-state index contributed by atoms with van der Waals surface area (Å²) in [5.41, 5.74) is 5.54. The van der Waals surface area contributed by atoms with E-state index in [1.807, 2.05) is 32.0 Å². The van der Waals surface area contributed by atoms with Crippen LogP contribution in [0.2, 0.25) is 0 Å². The second kappa shape index (κ2) is 8.32. The van der Waals surface area contributed by atoms with E-state index in [0.717, 1.165) is 27.8 Å². The number of nitrogens with zero attached hydrogens (tertiary/aromatic N) is 2.